The van der Waals surface area contributed by atoms with Crippen molar-refractivity contribution in [3.8, 4) is 0 Å². The van der Waals surface area contributed by atoms with Crippen LogP contribution in [0.1, 0.15) is 55.5 Å². The molecule has 1 unspecified atom stereocenters. The van der Waals surface area contributed by atoms with Crippen LogP contribution in [-0.4, -0.2) is 20.1 Å². The van der Waals surface area contributed by atoms with Crippen molar-refractivity contribution in [2.24, 2.45) is 0 Å². The molecule has 0 bridgehead atoms. The number of anilines is 1. The van der Waals surface area contributed by atoms with Gasteiger partial charge >= 0.3 is 0 Å². The third kappa shape index (κ3) is 4.48. The van der Waals surface area contributed by atoms with Gasteiger partial charge in [-0.3, -0.25) is 4.79 Å². The monoisotopic (exact) mass is 359 g/mol. The number of carbonyl (C=O) groups excluding carboxylic acids is 1. The summed E-state index contributed by atoms with van der Waals surface area (Å²) in [5.74, 6) is -0.0672. The minimum Gasteiger partial charge on any atom is -0.322 e. The Morgan fingerprint density at radius 2 is 1.68 bits per heavy atom. The highest BCUT2D eigenvalue weighted by molar-refractivity contribution is 7.91. The molecule has 0 spiro atoms. The van der Waals surface area contributed by atoms with E-state index in [1.165, 1.54) is 6.07 Å². The van der Waals surface area contributed by atoms with E-state index in [1.54, 1.807) is 18.2 Å². The number of rotatable bonds is 7. The maximum absolute atomic E-state index is 12.8. The summed E-state index contributed by atoms with van der Waals surface area (Å²) < 4.78 is 24.9. The van der Waals surface area contributed by atoms with Crippen LogP contribution in [0.3, 0.4) is 0 Å². The molecule has 25 heavy (non-hydrogen) atoms. The van der Waals surface area contributed by atoms with E-state index in [9.17, 15) is 13.2 Å². The molecule has 0 fully saturated rings. The van der Waals surface area contributed by atoms with E-state index in [2.05, 4.69) is 19.2 Å². The Morgan fingerprint density at radius 1 is 1.04 bits per heavy atom. The molecular formula is C20H25NO3S. The molecule has 5 heteroatoms. The fourth-order valence-corrected chi connectivity index (χ4v) is 4.29. The Kier molecular flexibility index (Phi) is 6.37. The van der Waals surface area contributed by atoms with E-state index in [0.29, 0.717) is 12.3 Å². The number of hydrogen-bond donors (Lipinski definition) is 1. The molecular weight excluding hydrogens is 334 g/mol. The van der Waals surface area contributed by atoms with Crippen molar-refractivity contribution in [1.29, 1.82) is 0 Å². The van der Waals surface area contributed by atoms with Crippen molar-refractivity contribution in [2.45, 2.75) is 44.4 Å². The first-order valence-electron chi connectivity index (χ1n) is 8.62. The fraction of sp³-hybridized carbons (Fsp3) is 0.350. The second-order valence-corrected chi connectivity index (χ2v) is 8.24. The van der Waals surface area contributed by atoms with Gasteiger partial charge in [-0.15, -0.1) is 0 Å². The number of para-hydroxylation sites is 1. The summed E-state index contributed by atoms with van der Waals surface area (Å²) >= 11 is 0. The van der Waals surface area contributed by atoms with E-state index in [4.69, 9.17) is 0 Å². The highest BCUT2D eigenvalue weighted by Gasteiger charge is 2.22. The lowest BCUT2D eigenvalue weighted by molar-refractivity contribution is 0.102. The average Bonchev–Trinajstić information content (AvgIpc) is 2.61. The van der Waals surface area contributed by atoms with Crippen LogP contribution in [-0.2, 0) is 9.84 Å². The van der Waals surface area contributed by atoms with Gasteiger partial charge < -0.3 is 5.32 Å². The van der Waals surface area contributed by atoms with Crippen molar-refractivity contribution in [1.82, 2.24) is 0 Å². The van der Waals surface area contributed by atoms with Crippen molar-refractivity contribution < 1.29 is 13.2 Å². The summed E-state index contributed by atoms with van der Waals surface area (Å²) in [7, 11) is -3.47. The minimum atomic E-state index is -3.47. The molecule has 0 aromatic heterocycles. The first kappa shape index (κ1) is 19.2. The number of nitrogens with one attached hydrogen (secondary N) is 1. The Morgan fingerprint density at radius 3 is 2.36 bits per heavy atom. The lowest BCUT2D eigenvalue weighted by atomic mass is 9.97. The van der Waals surface area contributed by atoms with Gasteiger partial charge in [0.2, 0.25) is 0 Å². The van der Waals surface area contributed by atoms with Gasteiger partial charge in [0, 0.05) is 5.69 Å². The Bertz CT molecular complexity index is 844. The summed E-state index contributed by atoms with van der Waals surface area (Å²) in [4.78, 5) is 12.9. The summed E-state index contributed by atoms with van der Waals surface area (Å²) in [5.41, 5.74) is 1.96. The molecule has 134 valence electrons. The molecule has 1 N–H and O–H groups in total. The molecule has 2 aromatic rings. The van der Waals surface area contributed by atoms with Gasteiger partial charge in [-0.1, -0.05) is 51.1 Å². The van der Waals surface area contributed by atoms with Gasteiger partial charge in [-0.05, 0) is 42.5 Å². The van der Waals surface area contributed by atoms with Crippen LogP contribution in [0.15, 0.2) is 53.4 Å². The van der Waals surface area contributed by atoms with E-state index >= 15 is 0 Å². The van der Waals surface area contributed by atoms with Crippen LogP contribution in [0.4, 0.5) is 5.69 Å². The second-order valence-electron chi connectivity index (χ2n) is 6.17. The van der Waals surface area contributed by atoms with Gasteiger partial charge in [-0.25, -0.2) is 8.42 Å². The van der Waals surface area contributed by atoms with Gasteiger partial charge in [0.1, 0.15) is 0 Å². The van der Waals surface area contributed by atoms with Crippen LogP contribution in [0.25, 0.3) is 0 Å². The van der Waals surface area contributed by atoms with E-state index in [1.807, 2.05) is 31.2 Å². The van der Waals surface area contributed by atoms with E-state index < -0.39 is 15.7 Å². The Labute approximate surface area is 150 Å². The van der Waals surface area contributed by atoms with Gasteiger partial charge in [0.05, 0.1) is 16.2 Å². The first-order chi connectivity index (χ1) is 11.9. The molecule has 2 aromatic carbocycles. The minimum absolute atomic E-state index is 0.0285. The number of sulfone groups is 1. The fourth-order valence-electron chi connectivity index (χ4n) is 2.75. The molecule has 0 saturated carbocycles. The Hall–Kier alpha value is -2.14. The Balaban J connectivity index is 2.38. The van der Waals surface area contributed by atoms with Crippen molar-refractivity contribution in [2.75, 3.05) is 11.1 Å². The molecule has 0 heterocycles. The van der Waals surface area contributed by atoms with Crippen LogP contribution >= 0.6 is 0 Å². The van der Waals surface area contributed by atoms with Gasteiger partial charge in [-0.2, -0.15) is 0 Å². The number of hydrogen-bond acceptors (Lipinski definition) is 3. The standard InChI is InChI=1S/C20H25NO3S/c1-4-14-25(23,24)19-13-9-7-11-17(19)20(22)21-18-12-8-6-10-16(18)15(3)5-2/h6-13,15H,4-5,14H2,1-3H3,(H,21,22). The molecule has 1 atom stereocenters. The second kappa shape index (κ2) is 8.30. The van der Waals surface area contributed by atoms with Crippen molar-refractivity contribution >= 4 is 21.4 Å². The van der Waals surface area contributed by atoms with E-state index in [0.717, 1.165) is 17.7 Å². The zero-order valence-electron chi connectivity index (χ0n) is 15.0. The first-order valence-corrected chi connectivity index (χ1v) is 10.3. The molecule has 0 aliphatic rings. The van der Waals surface area contributed by atoms with Crippen molar-refractivity contribution in [3.05, 3.63) is 59.7 Å². The normalized spacial score (nSPS) is 12.6. The maximum Gasteiger partial charge on any atom is 0.256 e. The summed E-state index contributed by atoms with van der Waals surface area (Å²) in [5, 5.41) is 2.89. The molecule has 0 radical (unpaired) electrons. The number of amides is 1. The number of carbonyl (C=O) groups is 1. The van der Waals surface area contributed by atoms with Crippen LogP contribution < -0.4 is 5.32 Å². The molecule has 0 aliphatic carbocycles. The predicted molar refractivity (Wildman–Crippen MR) is 102 cm³/mol. The summed E-state index contributed by atoms with van der Waals surface area (Å²) in [6.45, 7) is 6.00. The maximum atomic E-state index is 12.8. The predicted octanol–water partition coefficient (Wildman–Crippen LogP) is 4.64. The smallest absolute Gasteiger partial charge is 0.256 e. The third-order valence-corrected chi connectivity index (χ3v) is 6.26. The van der Waals surface area contributed by atoms with Crippen LogP contribution in [0, 0.1) is 0 Å². The van der Waals surface area contributed by atoms with Gasteiger partial charge in [0.15, 0.2) is 9.84 Å². The highest BCUT2D eigenvalue weighted by Crippen LogP contribution is 2.27. The van der Waals surface area contributed by atoms with E-state index in [-0.39, 0.29) is 16.2 Å². The molecule has 1 amide bonds. The summed E-state index contributed by atoms with van der Waals surface area (Å²) in [6.07, 6.45) is 1.46. The van der Waals surface area contributed by atoms with Crippen LogP contribution in [0.2, 0.25) is 0 Å². The average molecular weight is 359 g/mol. The quantitative estimate of drug-likeness (QED) is 0.783. The SMILES string of the molecule is CCCS(=O)(=O)c1ccccc1C(=O)Nc1ccccc1C(C)CC. The van der Waals surface area contributed by atoms with Crippen molar-refractivity contribution in [3.63, 3.8) is 0 Å². The molecule has 2 rings (SSSR count). The zero-order valence-corrected chi connectivity index (χ0v) is 15.8. The zero-order chi connectivity index (χ0) is 18.4. The summed E-state index contributed by atoms with van der Waals surface area (Å²) in [6, 6.07) is 14.0. The lowest BCUT2D eigenvalue weighted by Crippen LogP contribution is -2.18. The number of benzene rings is 2. The largest absolute Gasteiger partial charge is 0.322 e. The third-order valence-electron chi connectivity index (χ3n) is 4.29. The topological polar surface area (TPSA) is 63.2 Å². The highest BCUT2D eigenvalue weighted by atomic mass is 32.2. The molecule has 0 aliphatic heterocycles. The van der Waals surface area contributed by atoms with Crippen LogP contribution in [0.5, 0.6) is 0 Å². The molecule has 0 saturated heterocycles. The molecule has 4 nitrogen and oxygen atoms in total. The lowest BCUT2D eigenvalue weighted by Gasteiger charge is -2.16. The van der Waals surface area contributed by atoms with Gasteiger partial charge in [0.25, 0.3) is 5.91 Å².